The summed E-state index contributed by atoms with van der Waals surface area (Å²) in [5, 5.41) is 12.6. The molecule has 5 heteroatoms. The second-order valence-corrected chi connectivity index (χ2v) is 3.87. The summed E-state index contributed by atoms with van der Waals surface area (Å²) in [7, 11) is 0. The Bertz CT molecular complexity index is 478. The number of aromatic nitrogens is 4. The first-order valence-corrected chi connectivity index (χ1v) is 5.02. The molecule has 0 aliphatic rings. The van der Waals surface area contributed by atoms with E-state index in [9.17, 15) is 0 Å². The molecular formula is C10H11ClN4. The topological polar surface area (TPSA) is 43.6 Å². The summed E-state index contributed by atoms with van der Waals surface area (Å²) < 4.78 is 0. The molecule has 2 aromatic rings. The van der Waals surface area contributed by atoms with E-state index in [1.165, 1.54) is 5.56 Å². The van der Waals surface area contributed by atoms with E-state index in [-0.39, 0.29) is 0 Å². The van der Waals surface area contributed by atoms with Crippen molar-refractivity contribution in [2.24, 2.45) is 0 Å². The lowest BCUT2D eigenvalue weighted by atomic mass is 10.1. The summed E-state index contributed by atoms with van der Waals surface area (Å²) in [5.74, 6) is 0.676. The van der Waals surface area contributed by atoms with Crippen LogP contribution in [0.4, 0.5) is 0 Å². The predicted molar refractivity (Wildman–Crippen MR) is 57.8 cm³/mol. The van der Waals surface area contributed by atoms with Crippen LogP contribution in [-0.4, -0.2) is 20.2 Å². The third kappa shape index (κ3) is 2.33. The van der Waals surface area contributed by atoms with E-state index in [0.717, 1.165) is 10.6 Å². The molecule has 0 spiro atoms. The second-order valence-electron chi connectivity index (χ2n) is 3.44. The SMILES string of the molecule is Cc1nnn(Cc2cc(Cl)ccc2C)n1. The van der Waals surface area contributed by atoms with Gasteiger partial charge in [0.2, 0.25) is 0 Å². The van der Waals surface area contributed by atoms with E-state index < -0.39 is 0 Å². The summed E-state index contributed by atoms with van der Waals surface area (Å²) in [6.07, 6.45) is 0. The van der Waals surface area contributed by atoms with E-state index >= 15 is 0 Å². The quantitative estimate of drug-likeness (QED) is 0.781. The van der Waals surface area contributed by atoms with E-state index in [1.807, 2.05) is 32.0 Å². The Kier molecular flexibility index (Phi) is 2.68. The lowest BCUT2D eigenvalue weighted by Crippen LogP contribution is -2.05. The summed E-state index contributed by atoms with van der Waals surface area (Å²) >= 11 is 5.92. The van der Waals surface area contributed by atoms with Crippen molar-refractivity contribution >= 4 is 11.6 Å². The fourth-order valence-corrected chi connectivity index (χ4v) is 1.55. The molecule has 0 radical (unpaired) electrons. The monoisotopic (exact) mass is 222 g/mol. The molecule has 4 nitrogen and oxygen atoms in total. The van der Waals surface area contributed by atoms with Gasteiger partial charge in [-0.2, -0.15) is 4.80 Å². The summed E-state index contributed by atoms with van der Waals surface area (Å²) in [6.45, 7) is 4.46. The molecule has 0 fully saturated rings. The molecule has 0 aliphatic carbocycles. The van der Waals surface area contributed by atoms with Crippen LogP contribution in [0.3, 0.4) is 0 Å². The first-order valence-electron chi connectivity index (χ1n) is 4.64. The Labute approximate surface area is 92.9 Å². The minimum Gasteiger partial charge on any atom is -0.160 e. The highest BCUT2D eigenvalue weighted by Gasteiger charge is 2.03. The number of hydrogen-bond donors (Lipinski definition) is 0. The third-order valence-corrected chi connectivity index (χ3v) is 2.41. The first kappa shape index (κ1) is 10.1. The van der Waals surface area contributed by atoms with Crippen LogP contribution in [0.25, 0.3) is 0 Å². The van der Waals surface area contributed by atoms with Crippen molar-refractivity contribution in [3.05, 3.63) is 40.2 Å². The van der Waals surface area contributed by atoms with Gasteiger partial charge in [0, 0.05) is 5.02 Å². The summed E-state index contributed by atoms with van der Waals surface area (Å²) in [6, 6.07) is 5.79. The van der Waals surface area contributed by atoms with Crippen molar-refractivity contribution in [3.8, 4) is 0 Å². The molecule has 1 aromatic carbocycles. The molecule has 1 aromatic heterocycles. The molecule has 2 rings (SSSR count). The maximum atomic E-state index is 5.92. The van der Waals surface area contributed by atoms with Gasteiger partial charge < -0.3 is 0 Å². The van der Waals surface area contributed by atoms with Gasteiger partial charge in [-0.3, -0.25) is 0 Å². The molecule has 15 heavy (non-hydrogen) atoms. The Balaban J connectivity index is 2.27. The minimum absolute atomic E-state index is 0.604. The van der Waals surface area contributed by atoms with Gasteiger partial charge in [-0.1, -0.05) is 17.7 Å². The fraction of sp³-hybridized carbons (Fsp3) is 0.300. The average molecular weight is 223 g/mol. The zero-order valence-electron chi connectivity index (χ0n) is 8.61. The number of benzene rings is 1. The highest BCUT2D eigenvalue weighted by Crippen LogP contribution is 2.15. The van der Waals surface area contributed by atoms with Gasteiger partial charge in [0.1, 0.15) is 0 Å². The molecule has 0 atom stereocenters. The molecular weight excluding hydrogens is 212 g/mol. The Morgan fingerprint density at radius 1 is 1.33 bits per heavy atom. The Morgan fingerprint density at radius 3 is 2.80 bits per heavy atom. The maximum absolute atomic E-state index is 5.92. The number of rotatable bonds is 2. The van der Waals surface area contributed by atoms with Gasteiger partial charge in [0.25, 0.3) is 0 Å². The second kappa shape index (κ2) is 3.98. The van der Waals surface area contributed by atoms with Gasteiger partial charge >= 0.3 is 0 Å². The molecule has 0 bridgehead atoms. The van der Waals surface area contributed by atoms with Gasteiger partial charge in [0.15, 0.2) is 5.82 Å². The smallest absolute Gasteiger partial charge is 0.160 e. The van der Waals surface area contributed by atoms with Crippen molar-refractivity contribution in [1.29, 1.82) is 0 Å². The average Bonchev–Trinajstić information content (AvgIpc) is 2.58. The van der Waals surface area contributed by atoms with Crippen LogP contribution in [0.15, 0.2) is 18.2 Å². The van der Waals surface area contributed by atoms with Crippen molar-refractivity contribution in [2.45, 2.75) is 20.4 Å². The molecule has 0 saturated heterocycles. The van der Waals surface area contributed by atoms with Gasteiger partial charge in [-0.15, -0.1) is 10.2 Å². The van der Waals surface area contributed by atoms with Crippen LogP contribution in [0, 0.1) is 13.8 Å². The lowest BCUT2D eigenvalue weighted by Gasteiger charge is -2.04. The highest BCUT2D eigenvalue weighted by atomic mass is 35.5. The predicted octanol–water partition coefficient (Wildman–Crippen LogP) is 1.99. The van der Waals surface area contributed by atoms with Crippen LogP contribution in [0.5, 0.6) is 0 Å². The molecule has 0 unspecified atom stereocenters. The lowest BCUT2D eigenvalue weighted by molar-refractivity contribution is 0.570. The Hall–Kier alpha value is -1.42. The molecule has 0 saturated carbocycles. The van der Waals surface area contributed by atoms with Crippen molar-refractivity contribution in [3.63, 3.8) is 0 Å². The summed E-state index contributed by atoms with van der Waals surface area (Å²) in [4.78, 5) is 1.56. The van der Waals surface area contributed by atoms with Crippen molar-refractivity contribution < 1.29 is 0 Å². The van der Waals surface area contributed by atoms with Gasteiger partial charge in [-0.25, -0.2) is 0 Å². The van der Waals surface area contributed by atoms with Gasteiger partial charge in [-0.05, 0) is 42.3 Å². The number of nitrogens with zero attached hydrogens (tertiary/aromatic N) is 4. The standard InChI is InChI=1S/C10H11ClN4/c1-7-3-4-10(11)5-9(7)6-15-13-8(2)12-14-15/h3-5H,6H2,1-2H3. The van der Waals surface area contributed by atoms with E-state index in [2.05, 4.69) is 15.4 Å². The molecule has 0 amide bonds. The van der Waals surface area contributed by atoms with Crippen LogP contribution in [-0.2, 0) is 6.54 Å². The minimum atomic E-state index is 0.604. The number of aryl methyl sites for hydroxylation is 2. The largest absolute Gasteiger partial charge is 0.171 e. The normalized spacial score (nSPS) is 10.6. The third-order valence-electron chi connectivity index (χ3n) is 2.18. The molecule has 1 heterocycles. The number of halogens is 1. The number of tetrazole rings is 1. The van der Waals surface area contributed by atoms with Gasteiger partial charge in [0.05, 0.1) is 6.54 Å². The summed E-state index contributed by atoms with van der Waals surface area (Å²) in [5.41, 5.74) is 2.29. The molecule has 0 N–H and O–H groups in total. The maximum Gasteiger partial charge on any atom is 0.171 e. The van der Waals surface area contributed by atoms with E-state index in [1.54, 1.807) is 4.80 Å². The van der Waals surface area contributed by atoms with Crippen molar-refractivity contribution in [1.82, 2.24) is 20.2 Å². The zero-order valence-corrected chi connectivity index (χ0v) is 9.36. The van der Waals surface area contributed by atoms with E-state index in [4.69, 9.17) is 11.6 Å². The van der Waals surface area contributed by atoms with Crippen LogP contribution >= 0.6 is 11.6 Å². The highest BCUT2D eigenvalue weighted by molar-refractivity contribution is 6.30. The zero-order chi connectivity index (χ0) is 10.8. The van der Waals surface area contributed by atoms with Crippen molar-refractivity contribution in [2.75, 3.05) is 0 Å². The molecule has 0 aliphatic heterocycles. The van der Waals surface area contributed by atoms with E-state index in [0.29, 0.717) is 12.4 Å². The van der Waals surface area contributed by atoms with Crippen LogP contribution in [0.2, 0.25) is 5.02 Å². The van der Waals surface area contributed by atoms with Crippen LogP contribution in [0.1, 0.15) is 17.0 Å². The Morgan fingerprint density at radius 2 is 2.13 bits per heavy atom. The number of hydrogen-bond acceptors (Lipinski definition) is 3. The first-order chi connectivity index (χ1) is 7.15. The fourth-order valence-electron chi connectivity index (χ4n) is 1.35. The molecule has 78 valence electrons. The van der Waals surface area contributed by atoms with Crippen LogP contribution < -0.4 is 0 Å².